The van der Waals surface area contributed by atoms with E-state index in [0.29, 0.717) is 6.04 Å². The van der Waals surface area contributed by atoms with Gasteiger partial charge in [0.25, 0.3) is 0 Å². The normalized spacial score (nSPS) is 17.7. The Balaban J connectivity index is 1.62. The van der Waals surface area contributed by atoms with Crippen LogP contribution in [0, 0.1) is 0 Å². The Morgan fingerprint density at radius 2 is 2.00 bits per heavy atom. The number of pyridine rings is 1. The molecule has 4 rings (SSSR count). The fourth-order valence-corrected chi connectivity index (χ4v) is 3.48. The average molecular weight is 333 g/mol. The van der Waals surface area contributed by atoms with Gasteiger partial charge in [0.2, 0.25) is 0 Å². The third-order valence-electron chi connectivity index (χ3n) is 4.90. The van der Waals surface area contributed by atoms with E-state index in [0.717, 1.165) is 36.1 Å². The van der Waals surface area contributed by atoms with E-state index in [4.69, 9.17) is 0 Å². The summed E-state index contributed by atoms with van der Waals surface area (Å²) in [5.74, 6) is 0.280. The highest BCUT2D eigenvalue weighted by molar-refractivity contribution is 5.96. The molecule has 1 aliphatic heterocycles. The highest BCUT2D eigenvalue weighted by atomic mass is 16.3. The van der Waals surface area contributed by atoms with Crippen LogP contribution in [0.2, 0.25) is 0 Å². The lowest BCUT2D eigenvalue weighted by Gasteiger charge is -2.24. The van der Waals surface area contributed by atoms with Gasteiger partial charge in [-0.2, -0.15) is 0 Å². The molecule has 0 radical (unpaired) electrons. The zero-order valence-corrected chi connectivity index (χ0v) is 14.2. The van der Waals surface area contributed by atoms with Gasteiger partial charge in [0.05, 0.1) is 0 Å². The van der Waals surface area contributed by atoms with Crippen LogP contribution < -0.4 is 10.6 Å². The van der Waals surface area contributed by atoms with Crippen LogP contribution in [-0.2, 0) is 6.54 Å². The number of piperidine rings is 1. The van der Waals surface area contributed by atoms with Crippen LogP contribution in [0.4, 0.5) is 0 Å². The molecular formula is C21H23N3O. The Morgan fingerprint density at radius 1 is 1.12 bits per heavy atom. The van der Waals surface area contributed by atoms with Gasteiger partial charge in [0.1, 0.15) is 5.75 Å². The van der Waals surface area contributed by atoms with E-state index < -0.39 is 0 Å². The topological polar surface area (TPSA) is 57.2 Å². The molecular weight excluding hydrogens is 310 g/mol. The Morgan fingerprint density at radius 3 is 2.80 bits per heavy atom. The van der Waals surface area contributed by atoms with Crippen molar-refractivity contribution in [3.63, 3.8) is 0 Å². The molecule has 0 bridgehead atoms. The van der Waals surface area contributed by atoms with Crippen molar-refractivity contribution in [3.05, 3.63) is 60.4 Å². The first-order chi connectivity index (χ1) is 12.3. The first-order valence-electron chi connectivity index (χ1n) is 8.90. The number of phenolic OH excluding ortho intramolecular Hbond substituents is 1. The van der Waals surface area contributed by atoms with Gasteiger partial charge < -0.3 is 15.7 Å². The summed E-state index contributed by atoms with van der Waals surface area (Å²) in [6.07, 6.45) is 6.29. The maximum atomic E-state index is 9.53. The fraction of sp³-hybridized carbons (Fsp3) is 0.286. The molecule has 3 aromatic rings. The van der Waals surface area contributed by atoms with Gasteiger partial charge >= 0.3 is 0 Å². The largest absolute Gasteiger partial charge is 0.508 e. The fourth-order valence-electron chi connectivity index (χ4n) is 3.48. The highest BCUT2D eigenvalue weighted by Crippen LogP contribution is 2.29. The van der Waals surface area contributed by atoms with Crippen molar-refractivity contribution in [3.8, 4) is 16.9 Å². The van der Waals surface area contributed by atoms with Gasteiger partial charge in [-0.15, -0.1) is 0 Å². The molecule has 4 heteroatoms. The van der Waals surface area contributed by atoms with Crippen molar-refractivity contribution in [1.29, 1.82) is 0 Å². The minimum atomic E-state index is 0.280. The van der Waals surface area contributed by atoms with Crippen molar-refractivity contribution < 1.29 is 5.11 Å². The van der Waals surface area contributed by atoms with Crippen LogP contribution in [0.1, 0.15) is 18.4 Å². The molecule has 0 spiro atoms. The van der Waals surface area contributed by atoms with Crippen LogP contribution in [0.3, 0.4) is 0 Å². The second kappa shape index (κ2) is 7.21. The van der Waals surface area contributed by atoms with Crippen molar-refractivity contribution >= 4 is 10.8 Å². The molecule has 1 saturated heterocycles. The lowest BCUT2D eigenvalue weighted by Crippen LogP contribution is -2.42. The van der Waals surface area contributed by atoms with E-state index in [1.807, 2.05) is 24.5 Å². The van der Waals surface area contributed by atoms with Crippen molar-refractivity contribution in [2.75, 3.05) is 13.1 Å². The number of fused-ring (bicyclic) bond motifs is 1. The Hall–Kier alpha value is -2.43. The third-order valence-corrected chi connectivity index (χ3v) is 4.90. The SMILES string of the molecule is Oc1ccc(-c2cncc3ccc(CNC4CCCNC4)cc23)cc1. The molecule has 1 fully saturated rings. The smallest absolute Gasteiger partial charge is 0.115 e. The second-order valence-corrected chi connectivity index (χ2v) is 6.71. The van der Waals surface area contributed by atoms with E-state index >= 15 is 0 Å². The first-order valence-corrected chi connectivity index (χ1v) is 8.90. The van der Waals surface area contributed by atoms with Gasteiger partial charge in [-0.05, 0) is 54.1 Å². The Labute approximate surface area is 147 Å². The van der Waals surface area contributed by atoms with Crippen molar-refractivity contribution in [1.82, 2.24) is 15.6 Å². The quantitative estimate of drug-likeness (QED) is 0.684. The molecule has 0 amide bonds. The minimum Gasteiger partial charge on any atom is -0.508 e. The Bertz CT molecular complexity index is 855. The lowest BCUT2D eigenvalue weighted by atomic mass is 9.99. The summed E-state index contributed by atoms with van der Waals surface area (Å²) in [7, 11) is 0. The van der Waals surface area contributed by atoms with Crippen molar-refractivity contribution in [2.45, 2.75) is 25.4 Å². The Kier molecular flexibility index (Phi) is 4.63. The predicted molar refractivity (Wildman–Crippen MR) is 102 cm³/mol. The number of aromatic nitrogens is 1. The minimum absolute atomic E-state index is 0.280. The summed E-state index contributed by atoms with van der Waals surface area (Å²) in [5, 5.41) is 19.0. The number of rotatable bonds is 4. The van der Waals surface area contributed by atoms with E-state index in [2.05, 4.69) is 33.8 Å². The zero-order valence-electron chi connectivity index (χ0n) is 14.2. The molecule has 128 valence electrons. The monoisotopic (exact) mass is 333 g/mol. The van der Waals surface area contributed by atoms with E-state index in [-0.39, 0.29) is 5.75 Å². The number of aromatic hydroxyl groups is 1. The molecule has 0 saturated carbocycles. The molecule has 3 N–H and O–H groups in total. The van der Waals surface area contributed by atoms with Crippen molar-refractivity contribution in [2.24, 2.45) is 0 Å². The van der Waals surface area contributed by atoms with Crippen LogP contribution in [-0.4, -0.2) is 29.2 Å². The number of nitrogens with zero attached hydrogens (tertiary/aromatic N) is 1. The van der Waals surface area contributed by atoms with Gasteiger partial charge in [-0.25, -0.2) is 0 Å². The van der Waals surface area contributed by atoms with Crippen LogP contribution in [0.25, 0.3) is 21.9 Å². The highest BCUT2D eigenvalue weighted by Gasteiger charge is 2.12. The summed E-state index contributed by atoms with van der Waals surface area (Å²) >= 11 is 0. The van der Waals surface area contributed by atoms with Crippen LogP contribution in [0.15, 0.2) is 54.9 Å². The molecule has 2 aromatic carbocycles. The molecule has 1 aromatic heterocycles. The predicted octanol–water partition coefficient (Wildman–Crippen LogP) is 3.45. The van der Waals surface area contributed by atoms with E-state index in [1.54, 1.807) is 12.1 Å². The van der Waals surface area contributed by atoms with Gasteiger partial charge in [-0.1, -0.05) is 24.3 Å². The molecule has 25 heavy (non-hydrogen) atoms. The zero-order chi connectivity index (χ0) is 17.1. The second-order valence-electron chi connectivity index (χ2n) is 6.71. The number of nitrogens with one attached hydrogen (secondary N) is 2. The van der Waals surface area contributed by atoms with Crippen LogP contribution in [0.5, 0.6) is 5.75 Å². The standard InChI is InChI=1S/C21H23N3O/c25-19-7-5-16(6-8-19)21-14-23-12-17-4-3-15(10-20(17)21)11-24-18-2-1-9-22-13-18/h3-8,10,12,14,18,22,24-25H,1-2,9,11,13H2. The number of hydrogen-bond donors (Lipinski definition) is 3. The van der Waals surface area contributed by atoms with Gasteiger partial charge in [-0.3, -0.25) is 4.98 Å². The number of benzene rings is 2. The molecule has 2 heterocycles. The van der Waals surface area contributed by atoms with Crippen LogP contribution >= 0.6 is 0 Å². The van der Waals surface area contributed by atoms with Gasteiger partial charge in [0, 0.05) is 42.5 Å². The third kappa shape index (κ3) is 3.65. The average Bonchev–Trinajstić information content (AvgIpc) is 2.67. The van der Waals surface area contributed by atoms with E-state index in [1.165, 1.54) is 23.8 Å². The summed E-state index contributed by atoms with van der Waals surface area (Å²) in [6, 6.07) is 14.4. The summed E-state index contributed by atoms with van der Waals surface area (Å²) in [6.45, 7) is 3.06. The van der Waals surface area contributed by atoms with E-state index in [9.17, 15) is 5.11 Å². The summed E-state index contributed by atoms with van der Waals surface area (Å²) in [5.41, 5.74) is 3.44. The molecule has 0 aliphatic carbocycles. The molecule has 1 aliphatic rings. The maximum Gasteiger partial charge on any atom is 0.115 e. The lowest BCUT2D eigenvalue weighted by molar-refractivity contribution is 0.389. The first kappa shape index (κ1) is 16.1. The molecule has 1 unspecified atom stereocenters. The summed E-state index contributed by atoms with van der Waals surface area (Å²) < 4.78 is 0. The summed E-state index contributed by atoms with van der Waals surface area (Å²) in [4.78, 5) is 4.37. The number of hydrogen-bond acceptors (Lipinski definition) is 4. The van der Waals surface area contributed by atoms with Gasteiger partial charge in [0.15, 0.2) is 0 Å². The maximum absolute atomic E-state index is 9.53. The molecule has 1 atom stereocenters. The number of phenols is 1. The molecule has 4 nitrogen and oxygen atoms in total.